The zero-order valence-electron chi connectivity index (χ0n) is 14.2. The van der Waals surface area contributed by atoms with E-state index >= 15 is 0 Å². The minimum absolute atomic E-state index is 0.0247. The number of nitrogens with one attached hydrogen (secondary N) is 1. The summed E-state index contributed by atoms with van der Waals surface area (Å²) in [5.74, 6) is -1.37. The van der Waals surface area contributed by atoms with E-state index in [1.807, 2.05) is 5.38 Å². The van der Waals surface area contributed by atoms with Gasteiger partial charge in [-0.25, -0.2) is 24.7 Å². The maximum Gasteiger partial charge on any atom is 0.328 e. The second-order valence-electron chi connectivity index (χ2n) is 4.37. The van der Waals surface area contributed by atoms with Crippen LogP contribution in [-0.2, 0) is 15.3 Å². The average Bonchev–Trinajstić information content (AvgIpc) is 2.99. The number of thioether (sulfide) groups is 1. The highest BCUT2D eigenvalue weighted by Gasteiger charge is 2.02. The highest BCUT2D eigenvalue weighted by Crippen LogP contribution is 2.21. The largest absolute Gasteiger partial charge is 0.478 e. The molecule has 14 nitrogen and oxygen atoms in total. The molecule has 9 N–H and O–H groups in total. The summed E-state index contributed by atoms with van der Waals surface area (Å²) in [5.41, 5.74) is 16.6. The van der Waals surface area contributed by atoms with Crippen LogP contribution in [0.1, 0.15) is 5.69 Å². The second-order valence-corrected chi connectivity index (χ2v) is 6.31. The highest BCUT2D eigenvalue weighted by atomic mass is 32.2. The van der Waals surface area contributed by atoms with Gasteiger partial charge in [0.1, 0.15) is 5.10 Å². The van der Waals surface area contributed by atoms with Crippen molar-refractivity contribution in [3.63, 3.8) is 0 Å². The van der Waals surface area contributed by atoms with Crippen molar-refractivity contribution >= 4 is 52.1 Å². The minimum Gasteiger partial charge on any atom is -0.478 e. The Morgan fingerprint density at radius 2 is 1.93 bits per heavy atom. The quantitative estimate of drug-likeness (QED) is 0.0690. The Morgan fingerprint density at radius 3 is 2.43 bits per heavy atom. The third-order valence-electron chi connectivity index (χ3n) is 2.12. The monoisotopic (exact) mass is 434 g/mol. The zero-order valence-corrected chi connectivity index (χ0v) is 15.9. The molecule has 1 rings (SSSR count). The van der Waals surface area contributed by atoms with Crippen molar-refractivity contribution < 1.29 is 24.8 Å². The van der Waals surface area contributed by atoms with Gasteiger partial charge in [-0.1, -0.05) is 0 Å². The Hall–Kier alpha value is -3.40. The van der Waals surface area contributed by atoms with Crippen LogP contribution in [0.4, 0.5) is 5.13 Å². The molecule has 0 saturated heterocycles. The molecule has 16 heteroatoms. The Bertz CT molecular complexity index is 743. The van der Waals surface area contributed by atoms with Gasteiger partial charge in [0.05, 0.1) is 5.69 Å². The molecule has 1 aromatic heterocycles. The number of hydrogen-bond acceptors (Lipinski definition) is 8. The number of aromatic nitrogens is 1. The molecule has 0 unspecified atom stereocenters. The van der Waals surface area contributed by atoms with Crippen LogP contribution < -0.4 is 22.5 Å². The number of aliphatic carboxylic acids is 2. The van der Waals surface area contributed by atoms with Crippen LogP contribution in [0.15, 0.2) is 27.6 Å². The molecule has 0 aliphatic heterocycles. The lowest BCUT2D eigenvalue weighted by Crippen LogP contribution is -2.34. The topological polar surface area (TPSA) is 245 Å². The molecular formula is C12H18N8O6S2. The molecule has 0 spiro atoms. The van der Waals surface area contributed by atoms with Gasteiger partial charge in [-0.05, 0) is 0 Å². The van der Waals surface area contributed by atoms with Gasteiger partial charge in [-0.2, -0.15) is 16.8 Å². The summed E-state index contributed by atoms with van der Waals surface area (Å²) in [6.07, 6.45) is 1.12. The van der Waals surface area contributed by atoms with Gasteiger partial charge in [0, 0.05) is 35.6 Å². The summed E-state index contributed by atoms with van der Waals surface area (Å²) in [6.45, 7) is 0.471. The summed E-state index contributed by atoms with van der Waals surface area (Å²) in [7, 11) is 0. The number of carbonyl (C=O) groups is 2. The fourth-order valence-corrected chi connectivity index (χ4v) is 2.78. The fourth-order valence-electron chi connectivity index (χ4n) is 1.22. The third-order valence-corrected chi connectivity index (χ3v) is 3.90. The Morgan fingerprint density at radius 1 is 1.32 bits per heavy atom. The molecule has 0 aromatic carbocycles. The van der Waals surface area contributed by atoms with E-state index in [2.05, 4.69) is 20.4 Å². The van der Waals surface area contributed by atoms with Gasteiger partial charge in [-0.15, -0.1) is 11.3 Å². The molecule has 0 saturated carbocycles. The molecule has 0 bridgehead atoms. The number of aliphatic imine (C=N–C) groups is 1. The Kier molecular flexibility index (Phi) is 12.1. The van der Waals surface area contributed by atoms with Crippen molar-refractivity contribution in [2.45, 2.75) is 5.75 Å². The van der Waals surface area contributed by atoms with Crippen molar-refractivity contribution in [3.8, 4) is 0 Å². The molecular weight excluding hydrogens is 416 g/mol. The summed E-state index contributed by atoms with van der Waals surface area (Å²) >= 11 is 2.94. The molecule has 0 amide bonds. The number of rotatable bonds is 9. The summed E-state index contributed by atoms with van der Waals surface area (Å²) in [4.78, 5) is 37.2. The van der Waals surface area contributed by atoms with Crippen molar-refractivity contribution in [1.29, 1.82) is 0 Å². The van der Waals surface area contributed by atoms with Crippen LogP contribution in [0.2, 0.25) is 0 Å². The molecule has 1 aromatic rings. The minimum atomic E-state index is -1.26. The van der Waals surface area contributed by atoms with E-state index in [9.17, 15) is 19.7 Å². The van der Waals surface area contributed by atoms with Crippen LogP contribution in [0.3, 0.4) is 0 Å². The summed E-state index contributed by atoms with van der Waals surface area (Å²) in [6, 6.07) is 0. The van der Waals surface area contributed by atoms with Gasteiger partial charge in [0.2, 0.25) is 5.13 Å². The molecule has 0 atom stereocenters. The molecule has 154 valence electrons. The number of nitrogens with two attached hydrogens (primary N) is 3. The first kappa shape index (κ1) is 24.6. The number of nitrogens with zero attached hydrogens (tertiary/aromatic N) is 4. The van der Waals surface area contributed by atoms with Crippen LogP contribution in [0, 0.1) is 10.1 Å². The first-order valence-electron chi connectivity index (χ1n) is 7.08. The fraction of sp³-hybridized carbons (Fsp3) is 0.250. The first-order valence-corrected chi connectivity index (χ1v) is 9.11. The molecule has 1 heterocycles. The Balaban J connectivity index is 0.000000769. The van der Waals surface area contributed by atoms with Crippen molar-refractivity contribution in [2.75, 3.05) is 12.3 Å². The van der Waals surface area contributed by atoms with E-state index in [0.29, 0.717) is 35.3 Å². The highest BCUT2D eigenvalue weighted by molar-refractivity contribution is 7.98. The maximum absolute atomic E-state index is 10.0. The molecule has 0 aliphatic carbocycles. The number of nitro groups is 1. The maximum atomic E-state index is 10.0. The predicted octanol–water partition coefficient (Wildman–Crippen LogP) is -0.911. The SMILES string of the molecule is NC(N)=Nc1nc(CSCCN/C(N)=N\[N+](=O)[O-])cs1.O=C(O)/C=C\C(=O)O. The molecule has 0 aliphatic rings. The number of guanidine groups is 2. The average molecular weight is 434 g/mol. The molecule has 28 heavy (non-hydrogen) atoms. The van der Waals surface area contributed by atoms with Gasteiger partial charge in [-0.3, -0.25) is 0 Å². The normalized spacial score (nSPS) is 10.6. The van der Waals surface area contributed by atoms with Crippen LogP contribution >= 0.6 is 23.1 Å². The number of carboxylic acid groups (broad SMARTS) is 2. The van der Waals surface area contributed by atoms with Crippen LogP contribution in [0.25, 0.3) is 0 Å². The Labute approximate surface area is 166 Å². The summed E-state index contributed by atoms with van der Waals surface area (Å²) in [5, 5.41) is 32.7. The van der Waals surface area contributed by atoms with E-state index in [-0.39, 0.29) is 11.9 Å². The molecule has 0 fully saturated rings. The molecule has 0 radical (unpaired) electrons. The lowest BCUT2D eigenvalue weighted by atomic mass is 10.5. The van der Waals surface area contributed by atoms with Gasteiger partial charge >= 0.3 is 11.9 Å². The lowest BCUT2D eigenvalue weighted by Gasteiger charge is -2.01. The standard InChI is InChI=1S/C8H14N8O2S2.C4H4O4/c9-6(10)14-8-13-5(4-20-8)3-19-2-1-12-7(11)15-16(17)18;5-3(6)1-2-4(7)8/h4H,1-3H2,(H3,11,12,15)(H4,9,10,13,14);1-2H,(H,5,6)(H,7,8)/b;2-1-. The van der Waals surface area contributed by atoms with Crippen molar-refractivity contribution in [2.24, 2.45) is 27.3 Å². The van der Waals surface area contributed by atoms with Crippen molar-refractivity contribution in [1.82, 2.24) is 10.3 Å². The van der Waals surface area contributed by atoms with E-state index in [0.717, 1.165) is 5.69 Å². The van der Waals surface area contributed by atoms with Crippen LogP contribution in [-0.4, -0.2) is 56.4 Å². The van der Waals surface area contributed by atoms with E-state index in [1.54, 1.807) is 11.8 Å². The van der Waals surface area contributed by atoms with E-state index < -0.39 is 17.0 Å². The summed E-state index contributed by atoms with van der Waals surface area (Å²) < 4.78 is 0. The number of thiazole rings is 1. The van der Waals surface area contributed by atoms with Crippen molar-refractivity contribution in [3.05, 3.63) is 33.3 Å². The van der Waals surface area contributed by atoms with Gasteiger partial charge < -0.3 is 32.7 Å². The number of hydrogen-bond donors (Lipinski definition) is 6. The van der Waals surface area contributed by atoms with Crippen LogP contribution in [0.5, 0.6) is 0 Å². The van der Waals surface area contributed by atoms with E-state index in [1.165, 1.54) is 11.3 Å². The smallest absolute Gasteiger partial charge is 0.328 e. The predicted molar refractivity (Wildman–Crippen MR) is 105 cm³/mol. The first-order chi connectivity index (χ1) is 13.1. The zero-order chi connectivity index (χ0) is 21.5. The number of carboxylic acids is 2. The van der Waals surface area contributed by atoms with E-state index in [4.69, 9.17) is 27.4 Å². The number of hydrazone groups is 1. The third kappa shape index (κ3) is 14.9. The van der Waals surface area contributed by atoms with Gasteiger partial charge in [0.25, 0.3) is 5.96 Å². The van der Waals surface area contributed by atoms with Gasteiger partial charge in [0.15, 0.2) is 11.0 Å². The second kappa shape index (κ2) is 13.8. The lowest BCUT2D eigenvalue weighted by molar-refractivity contribution is -0.485.